The first-order chi connectivity index (χ1) is 12.1. The fourth-order valence-corrected chi connectivity index (χ4v) is 3.02. The molecule has 0 bridgehead atoms. The van der Waals surface area contributed by atoms with E-state index in [-0.39, 0.29) is 11.9 Å². The van der Waals surface area contributed by atoms with Crippen molar-refractivity contribution in [2.75, 3.05) is 23.4 Å². The van der Waals surface area contributed by atoms with Gasteiger partial charge in [-0.25, -0.2) is 9.78 Å². The van der Waals surface area contributed by atoms with Crippen LogP contribution in [0.25, 0.3) is 0 Å². The number of ether oxygens (including phenoxy) is 1. The summed E-state index contributed by atoms with van der Waals surface area (Å²) >= 11 is 0. The number of anilines is 2. The fraction of sp³-hybridized carbons (Fsp3) is 0.316. The van der Waals surface area contributed by atoms with Gasteiger partial charge in [0.05, 0.1) is 12.2 Å². The molecule has 0 fully saturated rings. The van der Waals surface area contributed by atoms with Gasteiger partial charge in [0.1, 0.15) is 5.82 Å². The van der Waals surface area contributed by atoms with Gasteiger partial charge < -0.3 is 15.0 Å². The van der Waals surface area contributed by atoms with Gasteiger partial charge in [-0.1, -0.05) is 12.1 Å². The summed E-state index contributed by atoms with van der Waals surface area (Å²) in [6, 6.07) is 9.53. The van der Waals surface area contributed by atoms with Crippen LogP contribution in [0.1, 0.15) is 35.3 Å². The van der Waals surface area contributed by atoms with E-state index in [1.165, 1.54) is 18.1 Å². The zero-order chi connectivity index (χ0) is 17.8. The van der Waals surface area contributed by atoms with Gasteiger partial charge in [-0.15, -0.1) is 0 Å². The topological polar surface area (TPSA) is 71.5 Å². The highest BCUT2D eigenvalue weighted by molar-refractivity contribution is 5.90. The molecule has 0 spiro atoms. The molecule has 1 N–H and O–H groups in total. The molecule has 1 aromatic heterocycles. The second-order valence-electron chi connectivity index (χ2n) is 5.92. The fourth-order valence-electron chi connectivity index (χ4n) is 3.02. The van der Waals surface area contributed by atoms with Crippen molar-refractivity contribution in [2.45, 2.75) is 26.8 Å². The molecule has 6 heteroatoms. The van der Waals surface area contributed by atoms with Crippen LogP contribution in [0.2, 0.25) is 0 Å². The number of hydrogen-bond donors (Lipinski definition) is 1. The van der Waals surface area contributed by atoms with Crippen molar-refractivity contribution in [3.63, 3.8) is 0 Å². The van der Waals surface area contributed by atoms with Crippen LogP contribution in [0.5, 0.6) is 0 Å². The number of nitrogens with one attached hydrogen (secondary N) is 1. The van der Waals surface area contributed by atoms with E-state index in [1.54, 1.807) is 19.2 Å². The molecule has 2 heterocycles. The standard InChI is InChI=1S/C19H21N3O3/c1-3-25-19(24)14-7-8-18(20-11-14)22-10-9-16-15(12-22)5-4-6-17(16)21-13(2)23/h4-8,11H,3,9-10,12H2,1-2H3,(H,21,23). The zero-order valence-corrected chi connectivity index (χ0v) is 14.4. The van der Waals surface area contributed by atoms with Gasteiger partial charge >= 0.3 is 5.97 Å². The highest BCUT2D eigenvalue weighted by Crippen LogP contribution is 2.28. The number of pyridine rings is 1. The molecule has 0 aliphatic carbocycles. The van der Waals surface area contributed by atoms with E-state index in [0.29, 0.717) is 18.7 Å². The quantitative estimate of drug-likeness (QED) is 0.867. The van der Waals surface area contributed by atoms with Crippen molar-refractivity contribution in [1.29, 1.82) is 0 Å². The Bertz CT molecular complexity index is 787. The predicted octanol–water partition coefficient (Wildman–Crippen LogP) is 2.78. The number of hydrogen-bond acceptors (Lipinski definition) is 5. The van der Waals surface area contributed by atoms with Crippen molar-refractivity contribution in [1.82, 2.24) is 4.98 Å². The second-order valence-corrected chi connectivity index (χ2v) is 5.92. The Morgan fingerprint density at radius 3 is 2.80 bits per heavy atom. The third-order valence-corrected chi connectivity index (χ3v) is 4.16. The molecule has 0 saturated heterocycles. The number of carbonyl (C=O) groups is 2. The van der Waals surface area contributed by atoms with E-state index in [1.807, 2.05) is 18.2 Å². The van der Waals surface area contributed by atoms with E-state index in [2.05, 4.69) is 21.3 Å². The summed E-state index contributed by atoms with van der Waals surface area (Å²) in [4.78, 5) is 29.6. The first kappa shape index (κ1) is 17.0. The van der Waals surface area contributed by atoms with E-state index in [9.17, 15) is 9.59 Å². The number of benzene rings is 1. The molecule has 25 heavy (non-hydrogen) atoms. The van der Waals surface area contributed by atoms with Gasteiger partial charge in [0.25, 0.3) is 0 Å². The Balaban J connectivity index is 1.77. The third kappa shape index (κ3) is 3.79. The van der Waals surface area contributed by atoms with Gasteiger partial charge in [-0.3, -0.25) is 4.79 Å². The number of fused-ring (bicyclic) bond motifs is 1. The van der Waals surface area contributed by atoms with E-state index in [0.717, 1.165) is 24.5 Å². The minimum Gasteiger partial charge on any atom is -0.462 e. The molecule has 3 rings (SSSR count). The molecule has 1 aliphatic heterocycles. The summed E-state index contributed by atoms with van der Waals surface area (Å²) in [5.41, 5.74) is 3.69. The van der Waals surface area contributed by atoms with Crippen LogP contribution in [0.4, 0.5) is 11.5 Å². The Morgan fingerprint density at radius 1 is 1.28 bits per heavy atom. The molecule has 0 unspecified atom stereocenters. The average Bonchev–Trinajstić information content (AvgIpc) is 2.61. The van der Waals surface area contributed by atoms with Crippen molar-refractivity contribution in [2.24, 2.45) is 0 Å². The molecule has 1 amide bonds. The van der Waals surface area contributed by atoms with E-state index >= 15 is 0 Å². The van der Waals surface area contributed by atoms with Crippen LogP contribution < -0.4 is 10.2 Å². The number of aromatic nitrogens is 1. The van der Waals surface area contributed by atoms with Gasteiger partial charge in [-0.05, 0) is 42.7 Å². The summed E-state index contributed by atoms with van der Waals surface area (Å²) in [7, 11) is 0. The number of amides is 1. The molecule has 2 aromatic rings. The molecule has 6 nitrogen and oxygen atoms in total. The average molecular weight is 339 g/mol. The molecule has 130 valence electrons. The van der Waals surface area contributed by atoms with Crippen LogP contribution in [0, 0.1) is 0 Å². The minimum absolute atomic E-state index is 0.0629. The SMILES string of the molecule is CCOC(=O)c1ccc(N2CCc3c(cccc3NC(C)=O)C2)nc1. The van der Waals surface area contributed by atoms with Gasteiger partial charge in [0.15, 0.2) is 0 Å². The number of esters is 1. The monoisotopic (exact) mass is 339 g/mol. The summed E-state index contributed by atoms with van der Waals surface area (Å²) in [5, 5.41) is 2.89. The Labute approximate surface area is 146 Å². The Hall–Kier alpha value is -2.89. The smallest absolute Gasteiger partial charge is 0.339 e. The van der Waals surface area contributed by atoms with Crippen LogP contribution in [-0.4, -0.2) is 30.0 Å². The molecule has 1 aromatic carbocycles. The van der Waals surface area contributed by atoms with Crippen molar-refractivity contribution >= 4 is 23.4 Å². The van der Waals surface area contributed by atoms with Crippen LogP contribution in [0.15, 0.2) is 36.5 Å². The molecular formula is C19H21N3O3. The lowest BCUT2D eigenvalue weighted by molar-refractivity contribution is -0.114. The number of carbonyl (C=O) groups excluding carboxylic acids is 2. The van der Waals surface area contributed by atoms with Crippen molar-refractivity contribution in [3.05, 3.63) is 53.2 Å². The van der Waals surface area contributed by atoms with E-state index < -0.39 is 0 Å². The minimum atomic E-state index is -0.356. The third-order valence-electron chi connectivity index (χ3n) is 4.16. The normalized spacial score (nSPS) is 13.1. The number of nitrogens with zero attached hydrogens (tertiary/aromatic N) is 2. The molecule has 0 saturated carbocycles. The lowest BCUT2D eigenvalue weighted by Crippen LogP contribution is -2.31. The predicted molar refractivity (Wildman–Crippen MR) is 95.7 cm³/mol. The molecular weight excluding hydrogens is 318 g/mol. The highest BCUT2D eigenvalue weighted by atomic mass is 16.5. The second kappa shape index (κ2) is 7.34. The van der Waals surface area contributed by atoms with Crippen LogP contribution in [0.3, 0.4) is 0 Å². The van der Waals surface area contributed by atoms with Crippen molar-refractivity contribution < 1.29 is 14.3 Å². The molecule has 1 aliphatic rings. The summed E-state index contributed by atoms with van der Waals surface area (Å²) in [5.74, 6) is 0.404. The molecule has 0 atom stereocenters. The maximum absolute atomic E-state index is 11.7. The summed E-state index contributed by atoms with van der Waals surface area (Å²) in [6.45, 7) is 5.16. The first-order valence-corrected chi connectivity index (χ1v) is 8.35. The van der Waals surface area contributed by atoms with E-state index in [4.69, 9.17) is 4.74 Å². The van der Waals surface area contributed by atoms with Crippen LogP contribution >= 0.6 is 0 Å². The maximum atomic E-state index is 11.7. The summed E-state index contributed by atoms with van der Waals surface area (Å²) < 4.78 is 4.98. The largest absolute Gasteiger partial charge is 0.462 e. The lowest BCUT2D eigenvalue weighted by Gasteiger charge is -2.31. The Morgan fingerprint density at radius 2 is 2.12 bits per heavy atom. The summed E-state index contributed by atoms with van der Waals surface area (Å²) in [6.07, 6.45) is 2.38. The zero-order valence-electron chi connectivity index (χ0n) is 14.4. The van der Waals surface area contributed by atoms with Crippen molar-refractivity contribution in [3.8, 4) is 0 Å². The first-order valence-electron chi connectivity index (χ1n) is 8.35. The van der Waals surface area contributed by atoms with Gasteiger partial charge in [-0.2, -0.15) is 0 Å². The number of rotatable bonds is 4. The van der Waals surface area contributed by atoms with Gasteiger partial charge in [0, 0.05) is 31.9 Å². The maximum Gasteiger partial charge on any atom is 0.339 e. The Kier molecular flexibility index (Phi) is 4.97. The van der Waals surface area contributed by atoms with Crippen LogP contribution in [-0.2, 0) is 22.5 Å². The lowest BCUT2D eigenvalue weighted by atomic mass is 9.97. The van der Waals surface area contributed by atoms with Gasteiger partial charge in [0.2, 0.25) is 5.91 Å². The highest BCUT2D eigenvalue weighted by Gasteiger charge is 2.20. The molecule has 0 radical (unpaired) electrons.